The van der Waals surface area contributed by atoms with Crippen LogP contribution in [-0.4, -0.2) is 45.0 Å². The van der Waals surface area contributed by atoms with Gasteiger partial charge < -0.3 is 24.8 Å². The SMILES string of the molecule is O=C(O)OCCNC(=O)c1ncc2c(=O)n(Cc3ccccc3)ccc2c1O. The van der Waals surface area contributed by atoms with Gasteiger partial charge >= 0.3 is 6.16 Å². The summed E-state index contributed by atoms with van der Waals surface area (Å²) in [5.74, 6) is -1.13. The van der Waals surface area contributed by atoms with Crippen LogP contribution in [0.15, 0.2) is 53.6 Å². The molecule has 1 amide bonds. The number of aromatic hydroxyl groups is 1. The molecule has 0 radical (unpaired) electrons. The van der Waals surface area contributed by atoms with Gasteiger partial charge in [-0.3, -0.25) is 9.59 Å². The molecule has 9 nitrogen and oxygen atoms in total. The Hall–Kier alpha value is -3.88. The van der Waals surface area contributed by atoms with Crippen molar-refractivity contribution in [1.82, 2.24) is 14.9 Å². The minimum absolute atomic E-state index is 0.0804. The maximum Gasteiger partial charge on any atom is 0.505 e. The van der Waals surface area contributed by atoms with E-state index in [-0.39, 0.29) is 35.2 Å². The van der Waals surface area contributed by atoms with Gasteiger partial charge in [-0.15, -0.1) is 0 Å². The van der Waals surface area contributed by atoms with Crippen molar-refractivity contribution in [3.63, 3.8) is 0 Å². The van der Waals surface area contributed by atoms with Crippen molar-refractivity contribution in [3.05, 3.63) is 70.4 Å². The highest BCUT2D eigenvalue weighted by Crippen LogP contribution is 2.24. The zero-order chi connectivity index (χ0) is 20.1. The normalized spacial score (nSPS) is 10.6. The zero-order valence-corrected chi connectivity index (χ0v) is 14.7. The molecule has 0 aliphatic rings. The van der Waals surface area contributed by atoms with E-state index in [0.717, 1.165) is 5.56 Å². The highest BCUT2D eigenvalue weighted by Gasteiger charge is 2.17. The molecule has 144 valence electrons. The zero-order valence-electron chi connectivity index (χ0n) is 14.7. The van der Waals surface area contributed by atoms with Gasteiger partial charge in [0.25, 0.3) is 11.5 Å². The molecule has 3 N–H and O–H groups in total. The van der Waals surface area contributed by atoms with Crippen LogP contribution in [-0.2, 0) is 11.3 Å². The van der Waals surface area contributed by atoms with Gasteiger partial charge in [0.2, 0.25) is 0 Å². The minimum Gasteiger partial charge on any atom is -0.505 e. The maximum absolute atomic E-state index is 12.7. The first-order valence-corrected chi connectivity index (χ1v) is 8.36. The number of nitrogens with zero attached hydrogens (tertiary/aromatic N) is 2. The lowest BCUT2D eigenvalue weighted by Crippen LogP contribution is -2.29. The van der Waals surface area contributed by atoms with E-state index in [1.807, 2.05) is 30.3 Å². The molecule has 3 aromatic rings. The smallest absolute Gasteiger partial charge is 0.505 e. The van der Waals surface area contributed by atoms with Crippen LogP contribution in [0.1, 0.15) is 16.1 Å². The highest BCUT2D eigenvalue weighted by molar-refractivity contribution is 6.01. The third kappa shape index (κ3) is 4.09. The Kier molecular flexibility index (Phi) is 5.54. The fraction of sp³-hybridized carbons (Fsp3) is 0.158. The number of amides is 1. The monoisotopic (exact) mass is 383 g/mol. The van der Waals surface area contributed by atoms with Gasteiger partial charge in [-0.25, -0.2) is 9.78 Å². The van der Waals surface area contributed by atoms with Crippen molar-refractivity contribution >= 4 is 22.8 Å². The van der Waals surface area contributed by atoms with E-state index in [1.54, 1.807) is 12.3 Å². The van der Waals surface area contributed by atoms with Gasteiger partial charge in [0.15, 0.2) is 11.4 Å². The van der Waals surface area contributed by atoms with Crippen molar-refractivity contribution in [2.24, 2.45) is 0 Å². The second kappa shape index (κ2) is 8.21. The first-order chi connectivity index (χ1) is 13.5. The van der Waals surface area contributed by atoms with Crippen LogP contribution in [0.25, 0.3) is 10.8 Å². The lowest BCUT2D eigenvalue weighted by Gasteiger charge is -2.10. The number of pyridine rings is 2. The van der Waals surface area contributed by atoms with E-state index in [4.69, 9.17) is 5.11 Å². The molecular weight excluding hydrogens is 366 g/mol. The largest absolute Gasteiger partial charge is 0.505 e. The minimum atomic E-state index is -1.45. The van der Waals surface area contributed by atoms with Crippen molar-refractivity contribution < 1.29 is 24.5 Å². The third-order valence-electron chi connectivity index (χ3n) is 4.03. The molecule has 2 aromatic heterocycles. The van der Waals surface area contributed by atoms with Crippen LogP contribution in [0, 0.1) is 0 Å². The van der Waals surface area contributed by atoms with Gasteiger partial charge in [-0.1, -0.05) is 30.3 Å². The summed E-state index contributed by atoms with van der Waals surface area (Å²) in [5.41, 5.74) is 0.342. The number of carboxylic acid groups (broad SMARTS) is 1. The predicted octanol–water partition coefficient (Wildman–Crippen LogP) is 1.57. The average Bonchev–Trinajstić information content (AvgIpc) is 2.68. The summed E-state index contributed by atoms with van der Waals surface area (Å²) >= 11 is 0. The maximum atomic E-state index is 12.7. The topological polar surface area (TPSA) is 131 Å². The summed E-state index contributed by atoms with van der Waals surface area (Å²) < 4.78 is 5.77. The van der Waals surface area contributed by atoms with Gasteiger partial charge in [0.05, 0.1) is 18.5 Å². The quantitative estimate of drug-likeness (QED) is 0.435. The Labute approximate surface area is 158 Å². The van der Waals surface area contributed by atoms with E-state index in [0.29, 0.717) is 6.54 Å². The number of benzene rings is 1. The molecule has 0 spiro atoms. The molecule has 9 heteroatoms. The number of ether oxygens (including phenoxy) is 1. The molecule has 0 unspecified atom stereocenters. The Morgan fingerprint density at radius 1 is 1.14 bits per heavy atom. The molecule has 1 aromatic carbocycles. The fourth-order valence-electron chi connectivity index (χ4n) is 2.70. The summed E-state index contributed by atoms with van der Waals surface area (Å²) in [7, 11) is 0. The number of carbonyl (C=O) groups is 2. The van der Waals surface area contributed by atoms with E-state index in [2.05, 4.69) is 15.0 Å². The van der Waals surface area contributed by atoms with Gasteiger partial charge in [-0.2, -0.15) is 0 Å². The van der Waals surface area contributed by atoms with E-state index < -0.39 is 17.8 Å². The molecule has 0 atom stereocenters. The highest BCUT2D eigenvalue weighted by atomic mass is 16.7. The number of aromatic nitrogens is 2. The second-order valence-corrected chi connectivity index (χ2v) is 5.89. The van der Waals surface area contributed by atoms with Crippen molar-refractivity contribution in [2.75, 3.05) is 13.2 Å². The molecule has 0 aliphatic carbocycles. The number of nitrogens with one attached hydrogen (secondary N) is 1. The fourth-order valence-corrected chi connectivity index (χ4v) is 2.70. The molecular formula is C19H17N3O6. The summed E-state index contributed by atoms with van der Waals surface area (Å²) in [6.07, 6.45) is 1.33. The van der Waals surface area contributed by atoms with Crippen LogP contribution >= 0.6 is 0 Å². The molecule has 0 fully saturated rings. The Morgan fingerprint density at radius 3 is 2.61 bits per heavy atom. The van der Waals surface area contributed by atoms with Gasteiger partial charge in [0.1, 0.15) is 6.61 Å². The van der Waals surface area contributed by atoms with E-state index >= 15 is 0 Å². The summed E-state index contributed by atoms with van der Waals surface area (Å²) in [5, 5.41) is 21.5. The lowest BCUT2D eigenvalue weighted by atomic mass is 10.1. The molecule has 3 rings (SSSR count). The molecule has 0 saturated carbocycles. The third-order valence-corrected chi connectivity index (χ3v) is 4.03. The number of fused-ring (bicyclic) bond motifs is 1. The van der Waals surface area contributed by atoms with Gasteiger partial charge in [-0.05, 0) is 11.6 Å². The Balaban J connectivity index is 1.84. The number of hydrogen-bond donors (Lipinski definition) is 3. The summed E-state index contributed by atoms with van der Waals surface area (Å²) in [6, 6.07) is 11.0. The summed E-state index contributed by atoms with van der Waals surface area (Å²) in [6.45, 7) is 0.0464. The van der Waals surface area contributed by atoms with E-state index in [9.17, 15) is 19.5 Å². The molecule has 0 bridgehead atoms. The van der Waals surface area contributed by atoms with Crippen molar-refractivity contribution in [3.8, 4) is 5.75 Å². The van der Waals surface area contributed by atoms with Gasteiger partial charge in [0, 0.05) is 17.8 Å². The average molecular weight is 383 g/mol. The lowest BCUT2D eigenvalue weighted by molar-refractivity contribution is 0.0841. The van der Waals surface area contributed by atoms with E-state index in [1.165, 1.54) is 10.8 Å². The molecule has 0 saturated heterocycles. The molecule has 2 heterocycles. The van der Waals surface area contributed by atoms with Crippen LogP contribution in [0.4, 0.5) is 4.79 Å². The first kappa shape index (κ1) is 18.9. The predicted molar refractivity (Wildman–Crippen MR) is 99.5 cm³/mol. The number of carbonyl (C=O) groups excluding carboxylic acids is 1. The summed E-state index contributed by atoms with van der Waals surface area (Å²) in [4.78, 5) is 39.0. The Bertz CT molecular complexity index is 1080. The first-order valence-electron chi connectivity index (χ1n) is 8.36. The van der Waals surface area contributed by atoms with Crippen LogP contribution < -0.4 is 10.9 Å². The van der Waals surface area contributed by atoms with Crippen molar-refractivity contribution in [2.45, 2.75) is 6.54 Å². The molecule has 0 aliphatic heterocycles. The Morgan fingerprint density at radius 2 is 1.89 bits per heavy atom. The number of hydrogen-bond acceptors (Lipinski definition) is 6. The van der Waals surface area contributed by atoms with Crippen LogP contribution in [0.3, 0.4) is 0 Å². The standard InChI is InChI=1S/C19H17N3O6/c23-16-13-6-8-22(11-12-4-2-1-3-5-12)18(25)14(13)10-21-15(16)17(24)20-7-9-28-19(26)27/h1-6,8,10,23H,7,9,11H2,(H,20,24)(H,26,27). The van der Waals surface area contributed by atoms with Crippen LogP contribution in [0.5, 0.6) is 5.75 Å². The molecule has 28 heavy (non-hydrogen) atoms. The van der Waals surface area contributed by atoms with Crippen molar-refractivity contribution in [1.29, 1.82) is 0 Å². The second-order valence-electron chi connectivity index (χ2n) is 5.89. The number of rotatable bonds is 6. The van der Waals surface area contributed by atoms with Crippen LogP contribution in [0.2, 0.25) is 0 Å².